The first-order chi connectivity index (χ1) is 36.9. The Kier molecular flexibility index (Phi) is 13.5. The second-order valence-electron chi connectivity index (χ2n) is 23.6. The van der Waals surface area contributed by atoms with Crippen LogP contribution < -0.4 is 0 Å². The van der Waals surface area contributed by atoms with Crippen molar-refractivity contribution >= 4 is 0 Å². The second-order valence-corrected chi connectivity index (χ2v) is 23.6. The first kappa shape index (κ1) is 54.4. The van der Waals surface area contributed by atoms with Crippen LogP contribution in [-0.4, -0.2) is 24.7 Å². The number of alkyl halides is 12. The third-order valence-corrected chi connectivity index (χ3v) is 19.7. The van der Waals surface area contributed by atoms with Gasteiger partial charge in [0.05, 0.1) is 0 Å². The van der Waals surface area contributed by atoms with Gasteiger partial charge in [0.1, 0.15) is 0 Å². The highest BCUT2D eigenvalue weighted by molar-refractivity contribution is 5.83. The van der Waals surface area contributed by atoms with Gasteiger partial charge in [0, 0.05) is 10.8 Å². The number of benzene rings is 6. The molecule has 78 heavy (non-hydrogen) atoms. The highest BCUT2D eigenvalue weighted by atomic mass is 19.4. The molecule has 6 aliphatic rings. The molecule has 0 spiro atoms. The first-order valence-electron chi connectivity index (χ1n) is 27.9. The monoisotopic (exact) mass is 1080 g/mol. The van der Waals surface area contributed by atoms with Gasteiger partial charge < -0.3 is 0 Å². The van der Waals surface area contributed by atoms with Gasteiger partial charge in [0.25, 0.3) is 0 Å². The molecule has 412 valence electrons. The Hall–Kier alpha value is -5.52. The molecule has 0 atom stereocenters. The van der Waals surface area contributed by atoms with Crippen LogP contribution in [-0.2, 0) is 35.5 Å². The van der Waals surface area contributed by atoms with Gasteiger partial charge >= 0.3 is 24.7 Å². The van der Waals surface area contributed by atoms with E-state index in [1.54, 1.807) is 61.5 Å². The average Bonchev–Trinajstić information content (AvgIpc) is 4.17. The Morgan fingerprint density at radius 3 is 1.19 bits per heavy atom. The Morgan fingerprint density at radius 1 is 0.385 bits per heavy atom. The summed E-state index contributed by atoms with van der Waals surface area (Å²) in [4.78, 5) is 0. The molecule has 0 radical (unpaired) electrons. The lowest BCUT2D eigenvalue weighted by atomic mass is 9.40. The summed E-state index contributed by atoms with van der Waals surface area (Å²) in [5.74, 6) is -1.49. The number of hydrogen-bond donors (Lipinski definition) is 0. The first-order valence-corrected chi connectivity index (χ1v) is 27.9. The van der Waals surface area contributed by atoms with Gasteiger partial charge in [-0.2, -0.15) is 52.7 Å². The van der Waals surface area contributed by atoms with Crippen LogP contribution >= 0.6 is 0 Å². The lowest BCUT2D eigenvalue weighted by Crippen LogP contribution is -2.73. The summed E-state index contributed by atoms with van der Waals surface area (Å²) in [6, 6.07) is 32.3. The Morgan fingerprint density at radius 2 is 0.769 bits per heavy atom. The molecule has 0 aromatic heterocycles. The van der Waals surface area contributed by atoms with Crippen LogP contribution in [0.2, 0.25) is 0 Å². The number of hydrogen-bond acceptors (Lipinski definition) is 0. The van der Waals surface area contributed by atoms with E-state index in [2.05, 4.69) is 0 Å². The van der Waals surface area contributed by atoms with Crippen molar-refractivity contribution in [1.82, 2.24) is 0 Å². The van der Waals surface area contributed by atoms with Crippen molar-refractivity contribution in [2.75, 3.05) is 0 Å². The predicted molar refractivity (Wildman–Crippen MR) is 283 cm³/mol. The van der Waals surface area contributed by atoms with Gasteiger partial charge in [-0.1, -0.05) is 173 Å². The maximum atomic E-state index is 17.0. The smallest absolute Gasteiger partial charge is 0.170 e. The van der Waals surface area contributed by atoms with Crippen molar-refractivity contribution in [1.29, 1.82) is 0 Å². The Balaban J connectivity index is 0.000000190. The average molecular weight is 1090 g/mol. The molecule has 0 aliphatic heterocycles. The summed E-state index contributed by atoms with van der Waals surface area (Å²) in [5, 5.41) is 0. The molecule has 12 heteroatoms. The molecule has 0 heterocycles. The van der Waals surface area contributed by atoms with E-state index >= 15 is 26.3 Å². The van der Waals surface area contributed by atoms with Crippen LogP contribution in [0.3, 0.4) is 0 Å². The zero-order valence-electron chi connectivity index (χ0n) is 44.2. The molecule has 0 amide bonds. The maximum absolute atomic E-state index is 17.0. The standard InChI is InChI=1S/C43H42F6.C23H22F6/c1-27-17-19-35(33-25-29-13-5-7-15-31(29)37(27)33)39(21-9-3-10-22-39)41(42(44,45)46,43(47,48)49)40(23-11-4-12-24-40)36-20-18-28(2)38-32-16-8-6-14-30(32)26-34(36)38;1-14-11-18-17-10-6-5-7-15(17)13-19(18)20(12-14)21(22(24,25)26,23(27,28)29)16-8-3-2-4-9-16/h5-8,13-20H,3-4,9-12,21-26H2,1-2H3;5-7,10-12,16H,2-4,8-9,13H2,1H3. The van der Waals surface area contributed by atoms with E-state index in [9.17, 15) is 26.3 Å². The minimum absolute atomic E-state index is 0.0608. The zero-order chi connectivity index (χ0) is 55.4. The molecule has 6 aromatic carbocycles. The van der Waals surface area contributed by atoms with Crippen molar-refractivity contribution < 1.29 is 52.7 Å². The zero-order valence-corrected chi connectivity index (χ0v) is 44.2. The molecular weight excluding hydrogens is 1020 g/mol. The summed E-state index contributed by atoms with van der Waals surface area (Å²) >= 11 is 0. The van der Waals surface area contributed by atoms with E-state index in [0.717, 1.165) is 61.7 Å². The minimum Gasteiger partial charge on any atom is -0.170 e. The second kappa shape index (κ2) is 19.3. The van der Waals surface area contributed by atoms with E-state index in [1.165, 1.54) is 0 Å². The minimum atomic E-state index is -5.58. The molecular formula is C66H64F12. The fourth-order valence-corrected chi connectivity index (χ4v) is 16.9. The molecule has 12 rings (SSSR count). The molecule has 0 saturated heterocycles. The van der Waals surface area contributed by atoms with Gasteiger partial charge in [-0.3, -0.25) is 0 Å². The van der Waals surface area contributed by atoms with Gasteiger partial charge in [-0.15, -0.1) is 0 Å². The number of aryl methyl sites for hydroxylation is 3. The number of rotatable bonds is 6. The van der Waals surface area contributed by atoms with Gasteiger partial charge in [0.15, 0.2) is 10.8 Å². The number of fused-ring (bicyclic) bond motifs is 9. The van der Waals surface area contributed by atoms with E-state index < -0.39 is 57.8 Å². The Labute approximate surface area is 449 Å². The highest BCUT2D eigenvalue weighted by Gasteiger charge is 2.86. The van der Waals surface area contributed by atoms with E-state index in [1.807, 2.05) is 62.4 Å². The quantitative estimate of drug-likeness (QED) is 0.146. The van der Waals surface area contributed by atoms with Gasteiger partial charge in [0.2, 0.25) is 0 Å². The van der Waals surface area contributed by atoms with Crippen LogP contribution in [0.5, 0.6) is 0 Å². The summed E-state index contributed by atoms with van der Waals surface area (Å²) < 4.78 is 189. The Bertz CT molecular complexity index is 3100. The van der Waals surface area contributed by atoms with Crippen molar-refractivity contribution in [2.24, 2.45) is 11.3 Å². The summed E-state index contributed by atoms with van der Waals surface area (Å²) in [6.07, 6.45) is -17.9. The van der Waals surface area contributed by atoms with E-state index in [-0.39, 0.29) is 61.6 Å². The molecule has 0 N–H and O–H groups in total. The third kappa shape index (κ3) is 7.90. The van der Waals surface area contributed by atoms with Gasteiger partial charge in [-0.25, -0.2) is 0 Å². The molecule has 0 bridgehead atoms. The van der Waals surface area contributed by atoms with Crippen LogP contribution in [0.4, 0.5) is 52.7 Å². The predicted octanol–water partition coefficient (Wildman–Crippen LogP) is 20.2. The summed E-state index contributed by atoms with van der Waals surface area (Å²) in [7, 11) is 0. The highest BCUT2D eigenvalue weighted by Crippen LogP contribution is 2.76. The lowest BCUT2D eigenvalue weighted by Gasteiger charge is -2.64. The van der Waals surface area contributed by atoms with Crippen molar-refractivity contribution in [3.8, 4) is 33.4 Å². The van der Waals surface area contributed by atoms with Crippen molar-refractivity contribution in [3.05, 3.63) is 176 Å². The SMILES string of the molecule is Cc1cc2c(c(C(C3CCCCC3)(C(F)(F)F)C(F)(F)F)c1)Cc1ccccc1-2.Cc1ccc(C2(C(C(F)(F)F)(C(F)(F)F)C3(c4ccc(C)c5c4Cc4ccccc4-5)CCCCC3)CCCCC2)c2c1-c1ccccc1C2. The molecule has 6 aromatic rings. The van der Waals surface area contributed by atoms with Crippen LogP contribution in [0.25, 0.3) is 33.4 Å². The molecule has 0 unspecified atom stereocenters. The summed E-state index contributed by atoms with van der Waals surface area (Å²) in [6.45, 7) is 5.42. The fraction of sp³-hybridized carbons (Fsp3) is 0.455. The van der Waals surface area contributed by atoms with Gasteiger partial charge in [-0.05, 0) is 179 Å². The van der Waals surface area contributed by atoms with E-state index in [0.29, 0.717) is 92.9 Å². The van der Waals surface area contributed by atoms with Crippen LogP contribution in [0.15, 0.2) is 109 Å². The van der Waals surface area contributed by atoms with Crippen LogP contribution in [0, 0.1) is 32.1 Å². The maximum Gasteiger partial charge on any atom is 0.407 e. The van der Waals surface area contributed by atoms with Crippen molar-refractivity contribution in [3.63, 3.8) is 0 Å². The lowest BCUT2D eigenvalue weighted by molar-refractivity contribution is -0.395. The topological polar surface area (TPSA) is 0 Å². The molecule has 6 aliphatic carbocycles. The van der Waals surface area contributed by atoms with E-state index in [4.69, 9.17) is 0 Å². The molecule has 3 saturated carbocycles. The largest absolute Gasteiger partial charge is 0.407 e. The number of halogens is 12. The normalized spacial score (nSPS) is 19.0. The summed E-state index contributed by atoms with van der Waals surface area (Å²) in [5.41, 5.74) is -1.14. The fourth-order valence-electron chi connectivity index (χ4n) is 16.9. The molecule has 3 fully saturated rings. The van der Waals surface area contributed by atoms with Crippen LogP contribution in [0.1, 0.15) is 163 Å². The molecule has 0 nitrogen and oxygen atoms in total. The third-order valence-electron chi connectivity index (χ3n) is 19.7. The van der Waals surface area contributed by atoms with Crippen molar-refractivity contribution in [2.45, 2.75) is 177 Å².